The van der Waals surface area contributed by atoms with Gasteiger partial charge >= 0.3 is 6.09 Å². The molecule has 0 radical (unpaired) electrons. The van der Waals surface area contributed by atoms with Crippen LogP contribution in [0, 0.1) is 5.82 Å². The number of nitrogens with zero attached hydrogens (tertiary/aromatic N) is 2. The van der Waals surface area contributed by atoms with Crippen LogP contribution >= 0.6 is 23.2 Å². The molecule has 3 aromatic rings. The maximum atomic E-state index is 13.6. The molecule has 0 saturated carbocycles. The molecular formula is C23H23Cl2FN4O4. The number of hydrogen-bond acceptors (Lipinski definition) is 6. The number of carbonyl (C=O) groups excluding carboxylic acids is 2. The van der Waals surface area contributed by atoms with Crippen LogP contribution in [0.5, 0.6) is 0 Å². The summed E-state index contributed by atoms with van der Waals surface area (Å²) in [6.45, 7) is -0.0714. The first kappa shape index (κ1) is 25.5. The van der Waals surface area contributed by atoms with Crippen LogP contribution in [-0.4, -0.2) is 48.3 Å². The zero-order chi connectivity index (χ0) is 24.7. The standard InChI is InChI=1S/C23H23Cl2FN4O4/c1-30(21(31)9-8-14-4-3-7-18(26)22(14)25)17(12-27)13-33-23(32)28-20-11-19(29-34-20)15-5-2-6-16(24)10-15/h2-7,10-11,17H,8-9,12-13,27H2,1H3,(H,28,32)/t17-/m0/s1. The van der Waals surface area contributed by atoms with E-state index >= 15 is 0 Å². The minimum absolute atomic E-state index is 0.000678. The molecule has 0 bridgehead atoms. The molecule has 11 heteroatoms. The van der Waals surface area contributed by atoms with E-state index in [2.05, 4.69) is 10.5 Å². The molecule has 34 heavy (non-hydrogen) atoms. The fourth-order valence-corrected chi connectivity index (χ4v) is 3.54. The SMILES string of the molecule is CN(C(=O)CCc1cccc(F)c1Cl)[C@@H](CN)COC(=O)Nc1cc(-c2cccc(Cl)c2)no1. The van der Waals surface area contributed by atoms with Crippen molar-refractivity contribution < 1.29 is 23.2 Å². The summed E-state index contributed by atoms with van der Waals surface area (Å²) >= 11 is 11.9. The van der Waals surface area contributed by atoms with Gasteiger partial charge in [-0.25, -0.2) is 9.18 Å². The Morgan fingerprint density at radius 3 is 2.74 bits per heavy atom. The highest BCUT2D eigenvalue weighted by molar-refractivity contribution is 6.31. The van der Waals surface area contributed by atoms with Crippen LogP contribution in [0.2, 0.25) is 10.0 Å². The molecule has 1 atom stereocenters. The number of amides is 2. The number of aryl methyl sites for hydroxylation is 1. The summed E-state index contributed by atoms with van der Waals surface area (Å²) < 4.78 is 23.9. The summed E-state index contributed by atoms with van der Waals surface area (Å²) in [7, 11) is 1.56. The fraction of sp³-hybridized carbons (Fsp3) is 0.261. The van der Waals surface area contributed by atoms with Crippen molar-refractivity contribution in [3.8, 4) is 11.3 Å². The quantitative estimate of drug-likeness (QED) is 0.431. The number of rotatable bonds is 9. The second-order valence-electron chi connectivity index (χ2n) is 7.42. The van der Waals surface area contributed by atoms with E-state index in [1.54, 1.807) is 37.4 Å². The number of likely N-dealkylation sites (N-methyl/N-ethyl adjacent to an activating group) is 1. The molecule has 0 unspecified atom stereocenters. The van der Waals surface area contributed by atoms with Crippen LogP contribution in [0.4, 0.5) is 15.1 Å². The van der Waals surface area contributed by atoms with Gasteiger partial charge < -0.3 is 19.9 Å². The van der Waals surface area contributed by atoms with Crippen LogP contribution in [0.15, 0.2) is 53.1 Å². The number of hydrogen-bond donors (Lipinski definition) is 2. The van der Waals surface area contributed by atoms with Crippen molar-refractivity contribution in [1.82, 2.24) is 10.1 Å². The lowest BCUT2D eigenvalue weighted by molar-refractivity contribution is -0.132. The van der Waals surface area contributed by atoms with E-state index in [1.807, 2.05) is 0 Å². The second kappa shape index (κ2) is 11.8. The van der Waals surface area contributed by atoms with Crippen molar-refractivity contribution in [2.75, 3.05) is 25.5 Å². The van der Waals surface area contributed by atoms with E-state index < -0.39 is 18.0 Å². The lowest BCUT2D eigenvalue weighted by Gasteiger charge is -2.26. The fourth-order valence-electron chi connectivity index (χ4n) is 3.13. The summed E-state index contributed by atoms with van der Waals surface area (Å²) in [5.74, 6) is -0.701. The van der Waals surface area contributed by atoms with Gasteiger partial charge in [0, 0.05) is 36.7 Å². The van der Waals surface area contributed by atoms with Gasteiger partial charge in [-0.05, 0) is 30.2 Å². The molecule has 2 aromatic carbocycles. The maximum absolute atomic E-state index is 13.6. The minimum atomic E-state index is -0.792. The molecule has 180 valence electrons. The molecule has 8 nitrogen and oxygen atoms in total. The van der Waals surface area contributed by atoms with Gasteiger partial charge in [0.05, 0.1) is 11.1 Å². The first-order valence-electron chi connectivity index (χ1n) is 10.3. The van der Waals surface area contributed by atoms with Crippen LogP contribution in [0.3, 0.4) is 0 Å². The molecule has 3 N–H and O–H groups in total. The molecule has 1 aromatic heterocycles. The lowest BCUT2D eigenvalue weighted by Crippen LogP contribution is -2.45. The summed E-state index contributed by atoms with van der Waals surface area (Å²) in [5, 5.41) is 6.87. The van der Waals surface area contributed by atoms with Crippen molar-refractivity contribution in [3.63, 3.8) is 0 Å². The van der Waals surface area contributed by atoms with E-state index in [9.17, 15) is 14.0 Å². The number of nitrogens with two attached hydrogens (primary N) is 1. The molecule has 0 aliphatic heterocycles. The smallest absolute Gasteiger partial charge is 0.414 e. The van der Waals surface area contributed by atoms with Gasteiger partial charge in [-0.2, -0.15) is 0 Å². The predicted octanol–water partition coefficient (Wildman–Crippen LogP) is 4.75. The highest BCUT2D eigenvalue weighted by Crippen LogP contribution is 2.24. The summed E-state index contributed by atoms with van der Waals surface area (Å²) in [6, 6.07) is 12.4. The van der Waals surface area contributed by atoms with E-state index in [1.165, 1.54) is 23.1 Å². The average molecular weight is 509 g/mol. The Bertz CT molecular complexity index is 1160. The van der Waals surface area contributed by atoms with E-state index in [-0.39, 0.29) is 42.8 Å². The zero-order valence-electron chi connectivity index (χ0n) is 18.3. The summed E-state index contributed by atoms with van der Waals surface area (Å²) in [6.07, 6.45) is -0.439. The molecule has 0 saturated heterocycles. The van der Waals surface area contributed by atoms with Crippen molar-refractivity contribution in [2.24, 2.45) is 5.73 Å². The second-order valence-corrected chi connectivity index (χ2v) is 8.23. The van der Waals surface area contributed by atoms with Crippen molar-refractivity contribution in [1.29, 1.82) is 0 Å². The predicted molar refractivity (Wildman–Crippen MR) is 127 cm³/mol. The number of anilines is 1. The number of ether oxygens (including phenoxy) is 1. The molecule has 0 fully saturated rings. The topological polar surface area (TPSA) is 111 Å². The maximum Gasteiger partial charge on any atom is 0.414 e. The number of benzene rings is 2. The first-order chi connectivity index (χ1) is 16.3. The van der Waals surface area contributed by atoms with E-state index in [4.69, 9.17) is 38.2 Å². The van der Waals surface area contributed by atoms with Gasteiger partial charge in [0.15, 0.2) is 0 Å². The zero-order valence-corrected chi connectivity index (χ0v) is 19.8. The van der Waals surface area contributed by atoms with Crippen LogP contribution in [0.1, 0.15) is 12.0 Å². The van der Waals surface area contributed by atoms with E-state index in [0.717, 1.165) is 5.56 Å². The van der Waals surface area contributed by atoms with Gasteiger partial charge in [-0.15, -0.1) is 0 Å². The molecular weight excluding hydrogens is 486 g/mol. The van der Waals surface area contributed by atoms with E-state index in [0.29, 0.717) is 16.3 Å². The number of nitrogens with one attached hydrogen (secondary N) is 1. The highest BCUT2D eigenvalue weighted by Gasteiger charge is 2.21. The van der Waals surface area contributed by atoms with Gasteiger partial charge in [0.25, 0.3) is 0 Å². The number of halogens is 3. The van der Waals surface area contributed by atoms with Crippen molar-refractivity contribution >= 4 is 41.1 Å². The molecule has 0 aliphatic rings. The van der Waals surface area contributed by atoms with Gasteiger partial charge in [-0.3, -0.25) is 10.1 Å². The number of carbonyl (C=O) groups is 2. The van der Waals surface area contributed by atoms with Crippen LogP contribution in [-0.2, 0) is 16.0 Å². The Kier molecular flexibility index (Phi) is 8.86. The molecule has 2 amide bonds. The largest absolute Gasteiger partial charge is 0.447 e. The molecule has 0 spiro atoms. The third kappa shape index (κ3) is 6.69. The monoisotopic (exact) mass is 508 g/mol. The lowest BCUT2D eigenvalue weighted by atomic mass is 10.1. The van der Waals surface area contributed by atoms with Gasteiger partial charge in [-0.1, -0.05) is 52.6 Å². The minimum Gasteiger partial charge on any atom is -0.447 e. The molecule has 0 aliphatic carbocycles. The van der Waals surface area contributed by atoms with Crippen LogP contribution in [0.25, 0.3) is 11.3 Å². The van der Waals surface area contributed by atoms with Crippen LogP contribution < -0.4 is 11.1 Å². The Balaban J connectivity index is 1.49. The number of aromatic nitrogens is 1. The summed E-state index contributed by atoms with van der Waals surface area (Å²) in [5.41, 5.74) is 7.51. The third-order valence-electron chi connectivity index (χ3n) is 5.12. The van der Waals surface area contributed by atoms with Gasteiger partial charge in [0.1, 0.15) is 18.1 Å². The Labute approximate surface area is 205 Å². The van der Waals surface area contributed by atoms with Crippen molar-refractivity contribution in [3.05, 3.63) is 70.0 Å². The average Bonchev–Trinajstić information content (AvgIpc) is 3.28. The first-order valence-corrected chi connectivity index (χ1v) is 11.1. The highest BCUT2D eigenvalue weighted by atomic mass is 35.5. The normalized spacial score (nSPS) is 11.7. The molecule has 1 heterocycles. The summed E-state index contributed by atoms with van der Waals surface area (Å²) in [4.78, 5) is 26.1. The third-order valence-corrected chi connectivity index (χ3v) is 5.77. The Morgan fingerprint density at radius 2 is 2.00 bits per heavy atom. The Morgan fingerprint density at radius 1 is 1.24 bits per heavy atom. The Hall–Kier alpha value is -3.14. The van der Waals surface area contributed by atoms with Gasteiger partial charge in [0.2, 0.25) is 11.8 Å². The van der Waals surface area contributed by atoms with Crippen molar-refractivity contribution in [2.45, 2.75) is 18.9 Å². The molecule has 3 rings (SSSR count).